The molecule has 1 aromatic carbocycles. The van der Waals surface area contributed by atoms with E-state index in [2.05, 4.69) is 47.6 Å². The van der Waals surface area contributed by atoms with Crippen LogP contribution in [0.5, 0.6) is 5.75 Å². The van der Waals surface area contributed by atoms with Crippen molar-refractivity contribution >= 4 is 0 Å². The van der Waals surface area contributed by atoms with Crippen molar-refractivity contribution in [2.24, 2.45) is 0 Å². The van der Waals surface area contributed by atoms with Gasteiger partial charge in [0.2, 0.25) is 0 Å². The van der Waals surface area contributed by atoms with Gasteiger partial charge in [0, 0.05) is 11.9 Å². The van der Waals surface area contributed by atoms with Crippen LogP contribution in [0.15, 0.2) is 42.6 Å². The summed E-state index contributed by atoms with van der Waals surface area (Å²) in [7, 11) is 0. The van der Waals surface area contributed by atoms with Gasteiger partial charge in [-0.05, 0) is 61.7 Å². The summed E-state index contributed by atoms with van der Waals surface area (Å²) in [4.78, 5) is 4.29. The minimum atomic E-state index is 0.180. The zero-order valence-electron chi connectivity index (χ0n) is 12.7. The molecule has 0 saturated heterocycles. The molecule has 1 aromatic heterocycles. The van der Waals surface area contributed by atoms with Crippen LogP contribution < -0.4 is 10.1 Å². The summed E-state index contributed by atoms with van der Waals surface area (Å²) in [6.45, 7) is 5.07. The van der Waals surface area contributed by atoms with Crippen molar-refractivity contribution in [1.82, 2.24) is 10.3 Å². The number of aromatic nitrogens is 1. The van der Waals surface area contributed by atoms with Crippen molar-refractivity contribution in [3.05, 3.63) is 59.4 Å². The first kappa shape index (κ1) is 14.1. The molecule has 1 unspecified atom stereocenters. The van der Waals surface area contributed by atoms with E-state index in [1.54, 1.807) is 0 Å². The maximum absolute atomic E-state index is 5.91. The number of nitrogens with one attached hydrogen (secondary N) is 1. The number of hydrogen-bond acceptors (Lipinski definition) is 3. The predicted molar refractivity (Wildman–Crippen MR) is 84.6 cm³/mol. The standard InChI is InChI=1S/C18H22N2O/c1-3-19-18(15-9-10-20-13(2)11-15)14-5-4-6-17(12-14)21-16-7-8-16/h4-6,9-12,16,18-19H,3,7-8H2,1-2H3. The largest absolute Gasteiger partial charge is 0.490 e. The van der Waals surface area contributed by atoms with Gasteiger partial charge in [-0.1, -0.05) is 19.1 Å². The van der Waals surface area contributed by atoms with Gasteiger partial charge in [0.15, 0.2) is 0 Å². The summed E-state index contributed by atoms with van der Waals surface area (Å²) < 4.78 is 5.91. The molecule has 0 amide bonds. The van der Waals surface area contributed by atoms with Gasteiger partial charge >= 0.3 is 0 Å². The second-order valence-electron chi connectivity index (χ2n) is 5.61. The zero-order chi connectivity index (χ0) is 14.7. The molecule has 1 saturated carbocycles. The van der Waals surface area contributed by atoms with E-state index in [1.165, 1.54) is 24.0 Å². The number of hydrogen-bond donors (Lipinski definition) is 1. The topological polar surface area (TPSA) is 34.1 Å². The molecule has 110 valence electrons. The van der Waals surface area contributed by atoms with E-state index in [-0.39, 0.29) is 6.04 Å². The minimum absolute atomic E-state index is 0.180. The highest BCUT2D eigenvalue weighted by atomic mass is 16.5. The van der Waals surface area contributed by atoms with Gasteiger partial charge < -0.3 is 10.1 Å². The Hall–Kier alpha value is -1.87. The third-order valence-electron chi connectivity index (χ3n) is 3.68. The highest BCUT2D eigenvalue weighted by Gasteiger charge is 2.24. The Labute approximate surface area is 126 Å². The minimum Gasteiger partial charge on any atom is -0.490 e. The normalized spacial score (nSPS) is 15.7. The maximum atomic E-state index is 5.91. The van der Waals surface area contributed by atoms with Crippen LogP contribution in [-0.4, -0.2) is 17.6 Å². The molecule has 0 spiro atoms. The van der Waals surface area contributed by atoms with Crippen molar-refractivity contribution in [3.63, 3.8) is 0 Å². The first-order valence-corrected chi connectivity index (χ1v) is 7.69. The third-order valence-corrected chi connectivity index (χ3v) is 3.68. The molecule has 1 aliphatic carbocycles. The first-order chi connectivity index (χ1) is 10.3. The summed E-state index contributed by atoms with van der Waals surface area (Å²) in [6, 6.07) is 12.8. The molecular weight excluding hydrogens is 260 g/mol. The molecule has 0 radical (unpaired) electrons. The molecule has 1 aliphatic rings. The van der Waals surface area contributed by atoms with E-state index in [0.717, 1.165) is 18.0 Å². The molecule has 21 heavy (non-hydrogen) atoms. The van der Waals surface area contributed by atoms with E-state index in [0.29, 0.717) is 6.10 Å². The fraction of sp³-hybridized carbons (Fsp3) is 0.389. The first-order valence-electron chi connectivity index (χ1n) is 7.69. The van der Waals surface area contributed by atoms with Crippen LogP contribution in [0.25, 0.3) is 0 Å². The molecular formula is C18H22N2O. The zero-order valence-corrected chi connectivity index (χ0v) is 12.7. The number of rotatable bonds is 6. The van der Waals surface area contributed by atoms with E-state index < -0.39 is 0 Å². The smallest absolute Gasteiger partial charge is 0.120 e. The summed E-state index contributed by atoms with van der Waals surface area (Å²) in [5.74, 6) is 0.976. The molecule has 1 N–H and O–H groups in total. The van der Waals surface area contributed by atoms with Crippen LogP contribution >= 0.6 is 0 Å². The van der Waals surface area contributed by atoms with E-state index in [4.69, 9.17) is 4.74 Å². The van der Waals surface area contributed by atoms with Crippen molar-refractivity contribution in [3.8, 4) is 5.75 Å². The van der Waals surface area contributed by atoms with Crippen molar-refractivity contribution in [2.75, 3.05) is 6.54 Å². The lowest BCUT2D eigenvalue weighted by Gasteiger charge is -2.20. The van der Waals surface area contributed by atoms with Crippen LogP contribution in [0, 0.1) is 6.92 Å². The maximum Gasteiger partial charge on any atom is 0.120 e. The Balaban J connectivity index is 1.88. The summed E-state index contributed by atoms with van der Waals surface area (Å²) in [5, 5.41) is 3.56. The molecule has 0 aliphatic heterocycles. The van der Waals surface area contributed by atoms with Gasteiger partial charge in [0.25, 0.3) is 0 Å². The van der Waals surface area contributed by atoms with Gasteiger partial charge in [0.1, 0.15) is 5.75 Å². The molecule has 1 atom stereocenters. The fourth-order valence-corrected chi connectivity index (χ4v) is 2.53. The van der Waals surface area contributed by atoms with Crippen molar-refractivity contribution in [1.29, 1.82) is 0 Å². The molecule has 3 heteroatoms. The number of ether oxygens (including phenoxy) is 1. The van der Waals surface area contributed by atoms with Gasteiger partial charge in [0.05, 0.1) is 12.1 Å². The van der Waals surface area contributed by atoms with E-state index >= 15 is 0 Å². The lowest BCUT2D eigenvalue weighted by molar-refractivity contribution is 0.302. The van der Waals surface area contributed by atoms with Crippen LogP contribution in [0.2, 0.25) is 0 Å². The Morgan fingerprint density at radius 2 is 2.05 bits per heavy atom. The molecule has 2 aromatic rings. The van der Waals surface area contributed by atoms with Gasteiger partial charge in [-0.3, -0.25) is 4.98 Å². The highest BCUT2D eigenvalue weighted by Crippen LogP contribution is 2.30. The molecule has 3 rings (SSSR count). The van der Waals surface area contributed by atoms with Gasteiger partial charge in [-0.15, -0.1) is 0 Å². The number of benzene rings is 1. The summed E-state index contributed by atoms with van der Waals surface area (Å²) in [6.07, 6.45) is 4.68. The Kier molecular flexibility index (Phi) is 4.20. The van der Waals surface area contributed by atoms with Crippen LogP contribution in [0.4, 0.5) is 0 Å². The second kappa shape index (κ2) is 6.27. The van der Waals surface area contributed by atoms with Crippen molar-refractivity contribution < 1.29 is 4.74 Å². The average Bonchev–Trinajstić information content (AvgIpc) is 3.29. The predicted octanol–water partition coefficient (Wildman–Crippen LogP) is 3.63. The number of pyridine rings is 1. The molecule has 3 nitrogen and oxygen atoms in total. The molecule has 0 bridgehead atoms. The van der Waals surface area contributed by atoms with Gasteiger partial charge in [-0.2, -0.15) is 0 Å². The lowest BCUT2D eigenvalue weighted by atomic mass is 9.98. The average molecular weight is 282 g/mol. The Morgan fingerprint density at radius 1 is 1.24 bits per heavy atom. The van der Waals surface area contributed by atoms with E-state index in [9.17, 15) is 0 Å². The summed E-state index contributed by atoms with van der Waals surface area (Å²) >= 11 is 0. The SMILES string of the molecule is CCNC(c1cccc(OC2CC2)c1)c1ccnc(C)c1. The Bertz CT molecular complexity index is 608. The molecule has 1 heterocycles. The quantitative estimate of drug-likeness (QED) is 0.878. The number of aryl methyl sites for hydroxylation is 1. The van der Waals surface area contributed by atoms with Gasteiger partial charge in [-0.25, -0.2) is 0 Å². The number of nitrogens with zero attached hydrogens (tertiary/aromatic N) is 1. The second-order valence-corrected chi connectivity index (χ2v) is 5.61. The Morgan fingerprint density at radius 3 is 2.76 bits per heavy atom. The van der Waals surface area contributed by atoms with Crippen LogP contribution in [0.3, 0.4) is 0 Å². The van der Waals surface area contributed by atoms with E-state index in [1.807, 2.05) is 19.2 Å². The monoisotopic (exact) mass is 282 g/mol. The molecule has 1 fully saturated rings. The highest BCUT2D eigenvalue weighted by molar-refractivity contribution is 5.37. The fourth-order valence-electron chi connectivity index (χ4n) is 2.53. The van der Waals surface area contributed by atoms with Crippen molar-refractivity contribution in [2.45, 2.75) is 38.8 Å². The van der Waals surface area contributed by atoms with Crippen LogP contribution in [0.1, 0.15) is 42.6 Å². The summed E-state index contributed by atoms with van der Waals surface area (Å²) in [5.41, 5.74) is 3.52. The third kappa shape index (κ3) is 3.61. The lowest BCUT2D eigenvalue weighted by Crippen LogP contribution is -2.22. The van der Waals surface area contributed by atoms with Crippen LogP contribution in [-0.2, 0) is 0 Å².